The van der Waals surface area contributed by atoms with Crippen LogP contribution in [0.4, 0.5) is 5.69 Å². The van der Waals surface area contributed by atoms with Gasteiger partial charge in [-0.05, 0) is 26.0 Å². The number of nitrogens with zero attached hydrogens (tertiary/aromatic N) is 1. The van der Waals surface area contributed by atoms with Gasteiger partial charge in [-0.3, -0.25) is 19.3 Å². The number of hydrogen-bond donors (Lipinski definition) is 2. The van der Waals surface area contributed by atoms with E-state index in [4.69, 9.17) is 4.74 Å². The van der Waals surface area contributed by atoms with Gasteiger partial charge < -0.3 is 15.4 Å². The molecule has 1 aromatic carbocycles. The molecule has 0 radical (unpaired) electrons. The van der Waals surface area contributed by atoms with Crippen LogP contribution in [-0.2, 0) is 24.7 Å². The molecule has 3 aliphatic rings. The van der Waals surface area contributed by atoms with Gasteiger partial charge in [-0.25, -0.2) is 0 Å². The maximum absolute atomic E-state index is 13.1. The minimum Gasteiger partial charge on any atom is -0.383 e. The molecule has 0 saturated carbocycles. The first-order chi connectivity index (χ1) is 11.9. The smallest absolute Gasteiger partial charge is 0.291 e. The zero-order valence-electron chi connectivity index (χ0n) is 14.5. The Hall–Kier alpha value is -2.25. The number of rotatable bonds is 3. The molecule has 0 aromatic heterocycles. The fraction of sp³-hybridized carbons (Fsp3) is 0.500. The fourth-order valence-electron chi connectivity index (χ4n) is 4.72. The lowest BCUT2D eigenvalue weighted by Crippen LogP contribution is -2.98. The van der Waals surface area contributed by atoms with Gasteiger partial charge in [0.15, 0.2) is 0 Å². The molecule has 0 bridgehead atoms. The molecule has 3 N–H and O–H groups in total. The Morgan fingerprint density at radius 1 is 1.28 bits per heavy atom. The zero-order chi connectivity index (χ0) is 17.9. The number of carbonyl (C=O) groups is 3. The number of ether oxygens (including phenoxy) is 1. The zero-order valence-corrected chi connectivity index (χ0v) is 14.5. The van der Waals surface area contributed by atoms with Crippen molar-refractivity contribution in [1.29, 1.82) is 0 Å². The van der Waals surface area contributed by atoms with E-state index < -0.39 is 17.4 Å². The van der Waals surface area contributed by atoms with Crippen LogP contribution < -0.4 is 10.6 Å². The van der Waals surface area contributed by atoms with Gasteiger partial charge in [0.1, 0.15) is 11.8 Å². The number of imide groups is 1. The minimum absolute atomic E-state index is 0.147. The molecule has 0 unspecified atom stereocenters. The van der Waals surface area contributed by atoms with E-state index in [1.54, 1.807) is 0 Å². The topological polar surface area (TPSA) is 92.3 Å². The Kier molecular flexibility index (Phi) is 3.49. The number of quaternary nitrogens is 1. The molecule has 2 saturated heterocycles. The van der Waals surface area contributed by atoms with Crippen molar-refractivity contribution >= 4 is 23.4 Å². The van der Waals surface area contributed by atoms with Crippen molar-refractivity contribution in [3.8, 4) is 0 Å². The molecular weight excluding hydrogens is 322 g/mol. The van der Waals surface area contributed by atoms with Crippen LogP contribution >= 0.6 is 0 Å². The number of nitrogens with two attached hydrogens (primary N) is 1. The first-order valence-corrected chi connectivity index (χ1v) is 8.54. The number of hydrogen-bond acceptors (Lipinski definition) is 4. The van der Waals surface area contributed by atoms with Gasteiger partial charge in [-0.2, -0.15) is 0 Å². The van der Waals surface area contributed by atoms with Gasteiger partial charge >= 0.3 is 0 Å². The summed E-state index contributed by atoms with van der Waals surface area (Å²) in [6, 6.07) is 5.60. The van der Waals surface area contributed by atoms with Crippen molar-refractivity contribution in [2.24, 2.45) is 11.8 Å². The Morgan fingerprint density at radius 3 is 2.76 bits per heavy atom. The number of aryl methyl sites for hydroxylation is 1. The number of nitrogens with one attached hydrogen (secondary N) is 1. The predicted molar refractivity (Wildman–Crippen MR) is 88.5 cm³/mol. The van der Waals surface area contributed by atoms with Crippen LogP contribution in [0.15, 0.2) is 18.2 Å². The van der Waals surface area contributed by atoms with Crippen molar-refractivity contribution in [3.63, 3.8) is 0 Å². The van der Waals surface area contributed by atoms with E-state index in [-0.39, 0.29) is 30.3 Å². The van der Waals surface area contributed by atoms with Crippen LogP contribution in [0.5, 0.6) is 0 Å². The van der Waals surface area contributed by atoms with Gasteiger partial charge in [-0.1, -0.05) is 11.6 Å². The average molecular weight is 344 g/mol. The first kappa shape index (κ1) is 16.2. The highest BCUT2D eigenvalue weighted by Gasteiger charge is 2.73. The number of carbonyl (C=O) groups excluding carboxylic acids is 3. The second kappa shape index (κ2) is 5.37. The molecule has 132 valence electrons. The van der Waals surface area contributed by atoms with Crippen LogP contribution in [0.3, 0.4) is 0 Å². The van der Waals surface area contributed by atoms with E-state index in [2.05, 4.69) is 5.32 Å². The minimum atomic E-state index is -1.06. The number of amides is 3. The lowest BCUT2D eigenvalue weighted by atomic mass is 9.76. The van der Waals surface area contributed by atoms with Crippen LogP contribution in [-0.4, -0.2) is 48.9 Å². The molecule has 3 amide bonds. The molecule has 7 nitrogen and oxygen atoms in total. The van der Waals surface area contributed by atoms with Gasteiger partial charge in [0.05, 0.1) is 24.9 Å². The van der Waals surface area contributed by atoms with Gasteiger partial charge in [-0.15, -0.1) is 0 Å². The molecule has 2 fully saturated rings. The highest BCUT2D eigenvalue weighted by molar-refractivity contribution is 6.13. The molecule has 7 heteroatoms. The van der Waals surface area contributed by atoms with Crippen molar-refractivity contribution in [3.05, 3.63) is 29.3 Å². The summed E-state index contributed by atoms with van der Waals surface area (Å²) in [7, 11) is 1.53. The van der Waals surface area contributed by atoms with Gasteiger partial charge in [0.2, 0.25) is 17.4 Å². The summed E-state index contributed by atoms with van der Waals surface area (Å²) in [5, 5.41) is 4.82. The van der Waals surface area contributed by atoms with E-state index in [0.717, 1.165) is 16.8 Å². The summed E-state index contributed by atoms with van der Waals surface area (Å²) in [4.78, 5) is 40.2. The van der Waals surface area contributed by atoms with Crippen LogP contribution in [0, 0.1) is 18.8 Å². The third kappa shape index (κ3) is 1.96. The van der Waals surface area contributed by atoms with E-state index in [0.29, 0.717) is 6.61 Å². The predicted octanol–water partition coefficient (Wildman–Crippen LogP) is -0.644. The third-order valence-corrected chi connectivity index (χ3v) is 5.79. The number of likely N-dealkylation sites (tertiary alicyclic amines) is 1. The Labute approximate surface area is 145 Å². The molecule has 25 heavy (non-hydrogen) atoms. The normalized spacial score (nSPS) is 33.2. The number of methoxy groups -OCH3 is 1. The van der Waals surface area contributed by atoms with Crippen LogP contribution in [0.25, 0.3) is 0 Å². The van der Waals surface area contributed by atoms with Crippen LogP contribution in [0.1, 0.15) is 18.1 Å². The first-order valence-electron chi connectivity index (χ1n) is 8.54. The lowest BCUT2D eigenvalue weighted by molar-refractivity contribution is -0.730. The van der Waals surface area contributed by atoms with E-state index >= 15 is 0 Å². The van der Waals surface area contributed by atoms with Crippen molar-refractivity contribution < 1.29 is 24.4 Å². The summed E-state index contributed by atoms with van der Waals surface area (Å²) >= 11 is 0. The molecule has 4 atom stereocenters. The Morgan fingerprint density at radius 2 is 2.04 bits per heavy atom. The third-order valence-electron chi connectivity index (χ3n) is 5.79. The van der Waals surface area contributed by atoms with Crippen LogP contribution in [0.2, 0.25) is 0 Å². The second-order valence-electron chi connectivity index (χ2n) is 7.22. The highest BCUT2D eigenvalue weighted by atomic mass is 16.5. The number of fused-ring (bicyclic) bond motifs is 4. The summed E-state index contributed by atoms with van der Waals surface area (Å²) in [5.74, 6) is -1.82. The van der Waals surface area contributed by atoms with E-state index in [9.17, 15) is 14.4 Å². The SMILES string of the molecule is COCCN1C(=O)[C@@H]2[C@H](C)[NH2+][C@]3(C(=O)Nc4ccc(C)cc43)[C@@H]2C1=O. The molecule has 3 heterocycles. The highest BCUT2D eigenvalue weighted by Crippen LogP contribution is 2.48. The summed E-state index contributed by atoms with van der Waals surface area (Å²) in [5.41, 5.74) is 1.51. The van der Waals surface area contributed by atoms with Crippen molar-refractivity contribution in [2.45, 2.75) is 25.4 Å². The van der Waals surface area contributed by atoms with Gasteiger partial charge in [0, 0.05) is 12.7 Å². The van der Waals surface area contributed by atoms with Crippen molar-refractivity contribution in [2.75, 3.05) is 25.6 Å². The molecule has 3 aliphatic heterocycles. The quantitative estimate of drug-likeness (QED) is 0.713. The van der Waals surface area contributed by atoms with E-state index in [1.807, 2.05) is 37.4 Å². The number of benzene rings is 1. The monoisotopic (exact) mass is 344 g/mol. The number of anilines is 1. The largest absolute Gasteiger partial charge is 0.383 e. The molecular formula is C18H22N3O4+. The Bertz CT molecular complexity index is 793. The molecule has 0 aliphatic carbocycles. The molecule has 1 aromatic rings. The lowest BCUT2D eigenvalue weighted by Gasteiger charge is -2.26. The maximum atomic E-state index is 13.1. The summed E-state index contributed by atoms with van der Waals surface area (Å²) in [6.45, 7) is 4.40. The fourth-order valence-corrected chi connectivity index (χ4v) is 4.72. The van der Waals surface area contributed by atoms with Crippen molar-refractivity contribution in [1.82, 2.24) is 4.90 Å². The van der Waals surface area contributed by atoms with Gasteiger partial charge in [0.25, 0.3) is 5.91 Å². The standard InChI is InChI=1S/C18H21N3O4/c1-9-4-5-12-11(8-9)18(17(24)19-12)14-13(10(2)20-18)15(22)21(16(14)23)6-7-25-3/h4-5,8,10,13-14,20H,6-7H2,1-3H3,(H,19,24)/p+1/t10-,13+,14-,18-/m0/s1. The average Bonchev–Trinajstić information content (AvgIpc) is 3.12. The second-order valence-corrected chi connectivity index (χ2v) is 7.22. The summed E-state index contributed by atoms with van der Waals surface area (Å²) in [6.07, 6.45) is 0. The summed E-state index contributed by atoms with van der Waals surface area (Å²) < 4.78 is 5.03. The Balaban J connectivity index is 1.83. The maximum Gasteiger partial charge on any atom is 0.291 e. The van der Waals surface area contributed by atoms with E-state index in [1.165, 1.54) is 12.0 Å². The molecule has 1 spiro atoms. The molecule has 4 rings (SSSR count).